The van der Waals surface area contributed by atoms with Crippen LogP contribution in [0.4, 0.5) is 0 Å². The highest BCUT2D eigenvalue weighted by Crippen LogP contribution is 2.32. The molecule has 23 heavy (non-hydrogen) atoms. The Morgan fingerprint density at radius 3 is 1.57 bits per heavy atom. The predicted molar refractivity (Wildman–Crippen MR) is 94.4 cm³/mol. The van der Waals surface area contributed by atoms with Crippen molar-refractivity contribution in [2.24, 2.45) is 0 Å². The average Bonchev–Trinajstić information content (AvgIpc) is 2.41. The van der Waals surface area contributed by atoms with E-state index in [2.05, 4.69) is 0 Å². The fourth-order valence-electron chi connectivity index (χ4n) is 2.59. The van der Waals surface area contributed by atoms with Gasteiger partial charge in [0.05, 0.1) is 0 Å². The SMILES string of the molecule is Cc1c(C)c(C)c(S(=O)(=O)Oc2cc(Cl)cc(Cl)c2)c(C)c1C. The van der Waals surface area contributed by atoms with Crippen LogP contribution in [0.1, 0.15) is 27.8 Å². The van der Waals surface area contributed by atoms with Crippen molar-refractivity contribution in [3.8, 4) is 5.75 Å². The Labute approximate surface area is 147 Å². The lowest BCUT2D eigenvalue weighted by Crippen LogP contribution is -2.15. The summed E-state index contributed by atoms with van der Waals surface area (Å²) in [4.78, 5) is 0.203. The fourth-order valence-corrected chi connectivity index (χ4v) is 4.58. The van der Waals surface area contributed by atoms with Crippen LogP contribution < -0.4 is 4.18 Å². The predicted octanol–water partition coefficient (Wildman–Crippen LogP) is 5.30. The standard InChI is InChI=1S/C17H18Cl2O3S/c1-9-10(2)12(4)17(13(5)11(9)3)23(20,21)22-16-7-14(18)6-15(19)8-16/h6-8H,1-5H3. The van der Waals surface area contributed by atoms with Gasteiger partial charge in [-0.1, -0.05) is 23.2 Å². The highest BCUT2D eigenvalue weighted by atomic mass is 35.5. The number of hydrogen-bond acceptors (Lipinski definition) is 3. The highest BCUT2D eigenvalue weighted by molar-refractivity contribution is 7.87. The summed E-state index contributed by atoms with van der Waals surface area (Å²) >= 11 is 11.8. The maximum absolute atomic E-state index is 12.8. The minimum Gasteiger partial charge on any atom is -0.379 e. The quantitative estimate of drug-likeness (QED) is 0.686. The molecule has 0 aliphatic heterocycles. The lowest BCUT2D eigenvalue weighted by Gasteiger charge is -2.18. The smallest absolute Gasteiger partial charge is 0.339 e. The zero-order valence-electron chi connectivity index (χ0n) is 13.6. The summed E-state index contributed by atoms with van der Waals surface area (Å²) in [5, 5.41) is 0.625. The van der Waals surface area contributed by atoms with E-state index in [0.29, 0.717) is 21.2 Å². The first-order valence-corrected chi connectivity index (χ1v) is 9.18. The summed E-state index contributed by atoms with van der Waals surface area (Å²) in [6.07, 6.45) is 0. The lowest BCUT2D eigenvalue weighted by atomic mass is 9.95. The zero-order chi connectivity index (χ0) is 17.5. The Morgan fingerprint density at radius 1 is 0.739 bits per heavy atom. The normalized spacial score (nSPS) is 11.6. The Morgan fingerprint density at radius 2 is 1.13 bits per heavy atom. The maximum Gasteiger partial charge on any atom is 0.339 e. The van der Waals surface area contributed by atoms with Crippen LogP contribution in [0, 0.1) is 34.6 Å². The van der Waals surface area contributed by atoms with Gasteiger partial charge in [0, 0.05) is 22.2 Å². The molecule has 0 radical (unpaired) electrons. The molecule has 0 aromatic heterocycles. The second kappa shape index (κ2) is 6.34. The molecule has 0 spiro atoms. The van der Waals surface area contributed by atoms with Gasteiger partial charge in [-0.2, -0.15) is 8.42 Å². The van der Waals surface area contributed by atoms with E-state index >= 15 is 0 Å². The molecule has 0 heterocycles. The van der Waals surface area contributed by atoms with Crippen LogP contribution in [0.3, 0.4) is 0 Å². The topological polar surface area (TPSA) is 43.4 Å². The van der Waals surface area contributed by atoms with Gasteiger partial charge < -0.3 is 4.18 Å². The van der Waals surface area contributed by atoms with Gasteiger partial charge in [0.2, 0.25) is 0 Å². The van der Waals surface area contributed by atoms with Crippen molar-refractivity contribution < 1.29 is 12.6 Å². The molecule has 6 heteroatoms. The number of rotatable bonds is 3. The van der Waals surface area contributed by atoms with Gasteiger partial charge in [0.25, 0.3) is 0 Å². The van der Waals surface area contributed by atoms with E-state index in [9.17, 15) is 8.42 Å². The molecule has 0 N–H and O–H groups in total. The second-order valence-electron chi connectivity index (χ2n) is 5.60. The molecule has 2 aromatic rings. The molecule has 0 saturated heterocycles. The largest absolute Gasteiger partial charge is 0.379 e. The molecule has 0 bridgehead atoms. The van der Waals surface area contributed by atoms with Gasteiger partial charge in [0.1, 0.15) is 10.6 Å². The Balaban J connectivity index is 2.61. The third-order valence-corrected chi connectivity index (χ3v) is 6.18. The van der Waals surface area contributed by atoms with Crippen molar-refractivity contribution in [2.75, 3.05) is 0 Å². The Kier molecular flexibility index (Phi) is 5.00. The maximum atomic E-state index is 12.8. The molecule has 2 aromatic carbocycles. The van der Waals surface area contributed by atoms with Crippen molar-refractivity contribution in [3.63, 3.8) is 0 Å². The van der Waals surface area contributed by atoms with Gasteiger partial charge in [-0.05, 0) is 68.5 Å². The van der Waals surface area contributed by atoms with Gasteiger partial charge in [-0.3, -0.25) is 0 Å². The minimum atomic E-state index is -3.99. The van der Waals surface area contributed by atoms with Crippen LogP contribution in [0.2, 0.25) is 10.0 Å². The molecule has 0 unspecified atom stereocenters. The van der Waals surface area contributed by atoms with Crippen LogP contribution in [-0.2, 0) is 10.1 Å². The van der Waals surface area contributed by atoms with E-state index in [1.54, 1.807) is 13.8 Å². The molecule has 0 atom stereocenters. The van der Waals surface area contributed by atoms with Gasteiger partial charge in [-0.15, -0.1) is 0 Å². The summed E-state index contributed by atoms with van der Waals surface area (Å²) in [6, 6.07) is 4.35. The molecular formula is C17H18Cl2O3S. The Hall–Kier alpha value is -1.23. The van der Waals surface area contributed by atoms with Crippen LogP contribution in [-0.4, -0.2) is 8.42 Å². The van der Waals surface area contributed by atoms with Gasteiger partial charge in [0.15, 0.2) is 0 Å². The van der Waals surface area contributed by atoms with E-state index < -0.39 is 10.1 Å². The van der Waals surface area contributed by atoms with Crippen molar-refractivity contribution in [3.05, 3.63) is 56.1 Å². The summed E-state index contributed by atoms with van der Waals surface area (Å²) < 4.78 is 30.8. The average molecular weight is 373 g/mol. The van der Waals surface area contributed by atoms with Gasteiger partial charge in [-0.25, -0.2) is 0 Å². The number of halogens is 2. The lowest BCUT2D eigenvalue weighted by molar-refractivity contribution is 0.484. The first-order chi connectivity index (χ1) is 10.5. The van der Waals surface area contributed by atoms with E-state index in [0.717, 1.165) is 16.7 Å². The van der Waals surface area contributed by atoms with E-state index in [4.69, 9.17) is 27.4 Å². The van der Waals surface area contributed by atoms with Crippen LogP contribution in [0.15, 0.2) is 23.1 Å². The number of benzene rings is 2. The van der Waals surface area contributed by atoms with Crippen molar-refractivity contribution in [1.29, 1.82) is 0 Å². The molecule has 2 rings (SSSR count). The number of hydrogen-bond donors (Lipinski definition) is 0. The van der Waals surface area contributed by atoms with E-state index in [-0.39, 0.29) is 10.6 Å². The van der Waals surface area contributed by atoms with Crippen LogP contribution in [0.5, 0.6) is 5.75 Å². The van der Waals surface area contributed by atoms with E-state index in [1.165, 1.54) is 18.2 Å². The molecule has 3 nitrogen and oxygen atoms in total. The third-order valence-electron chi connectivity index (χ3n) is 4.22. The first-order valence-electron chi connectivity index (χ1n) is 7.02. The Bertz CT molecular complexity index is 838. The monoisotopic (exact) mass is 372 g/mol. The molecule has 0 aliphatic rings. The van der Waals surface area contributed by atoms with Crippen molar-refractivity contribution in [1.82, 2.24) is 0 Å². The first kappa shape index (κ1) is 18.1. The fraction of sp³-hybridized carbons (Fsp3) is 0.294. The zero-order valence-corrected chi connectivity index (χ0v) is 15.9. The third kappa shape index (κ3) is 3.49. The van der Waals surface area contributed by atoms with E-state index in [1.807, 2.05) is 20.8 Å². The second-order valence-corrected chi connectivity index (χ2v) is 7.95. The summed E-state index contributed by atoms with van der Waals surface area (Å²) in [5.41, 5.74) is 4.36. The molecule has 0 amide bonds. The molecular weight excluding hydrogens is 355 g/mol. The van der Waals surface area contributed by atoms with Gasteiger partial charge >= 0.3 is 10.1 Å². The van der Waals surface area contributed by atoms with Crippen molar-refractivity contribution in [2.45, 2.75) is 39.5 Å². The van der Waals surface area contributed by atoms with Crippen LogP contribution in [0.25, 0.3) is 0 Å². The minimum absolute atomic E-state index is 0.0946. The molecule has 124 valence electrons. The van der Waals surface area contributed by atoms with Crippen molar-refractivity contribution >= 4 is 33.3 Å². The highest BCUT2D eigenvalue weighted by Gasteiger charge is 2.25. The molecule has 0 saturated carbocycles. The summed E-state index contributed by atoms with van der Waals surface area (Å²) in [6.45, 7) is 9.38. The molecule has 0 fully saturated rings. The van der Waals surface area contributed by atoms with Crippen LogP contribution >= 0.6 is 23.2 Å². The molecule has 0 aliphatic carbocycles. The summed E-state index contributed by atoms with van der Waals surface area (Å²) in [5.74, 6) is 0.0946. The summed E-state index contributed by atoms with van der Waals surface area (Å²) in [7, 11) is -3.99.